The Morgan fingerprint density at radius 3 is 2.66 bits per heavy atom. The molecule has 1 N–H and O–H groups in total. The van der Waals surface area contributed by atoms with Gasteiger partial charge in [0.1, 0.15) is 0 Å². The van der Waals surface area contributed by atoms with E-state index in [2.05, 4.69) is 9.88 Å². The maximum atomic E-state index is 13.2. The molecule has 29 heavy (non-hydrogen) atoms. The van der Waals surface area contributed by atoms with Crippen molar-refractivity contribution in [3.8, 4) is 0 Å². The minimum atomic E-state index is 0.0667. The summed E-state index contributed by atoms with van der Waals surface area (Å²) in [5.41, 5.74) is 1.70. The van der Waals surface area contributed by atoms with Gasteiger partial charge in [-0.3, -0.25) is 9.59 Å². The Balaban J connectivity index is 1.34. The molecule has 2 aromatic rings. The van der Waals surface area contributed by atoms with Crippen LogP contribution in [0.5, 0.6) is 0 Å². The lowest BCUT2D eigenvalue weighted by molar-refractivity contribution is -0.141. The SMILES string of the molecule is O=C(c1ccc2cc[nH]c2c1)N1CCCC(N(C(=O)C2CC2)C2CCOCC2)C1. The Bertz CT molecular complexity index is 898. The quantitative estimate of drug-likeness (QED) is 0.865. The molecule has 154 valence electrons. The minimum absolute atomic E-state index is 0.0667. The summed E-state index contributed by atoms with van der Waals surface area (Å²) in [7, 11) is 0. The molecule has 1 aromatic heterocycles. The first-order valence-corrected chi connectivity index (χ1v) is 11.0. The number of piperidine rings is 1. The Labute approximate surface area is 171 Å². The van der Waals surface area contributed by atoms with E-state index < -0.39 is 0 Å². The fourth-order valence-electron chi connectivity index (χ4n) is 4.89. The number of carbonyl (C=O) groups excluding carboxylic acids is 2. The molecule has 0 bridgehead atoms. The summed E-state index contributed by atoms with van der Waals surface area (Å²) >= 11 is 0. The molecule has 3 aliphatic rings. The van der Waals surface area contributed by atoms with Crippen LogP contribution < -0.4 is 0 Å². The van der Waals surface area contributed by atoms with Crippen molar-refractivity contribution in [1.82, 2.24) is 14.8 Å². The predicted octanol–water partition coefficient (Wildman–Crippen LogP) is 3.19. The van der Waals surface area contributed by atoms with Crippen LogP contribution in [-0.2, 0) is 9.53 Å². The van der Waals surface area contributed by atoms with Crippen molar-refractivity contribution in [1.29, 1.82) is 0 Å². The average Bonchev–Trinajstić information content (AvgIpc) is 3.51. The molecule has 1 atom stereocenters. The van der Waals surface area contributed by atoms with Crippen LogP contribution in [0.4, 0.5) is 0 Å². The second-order valence-electron chi connectivity index (χ2n) is 8.69. The summed E-state index contributed by atoms with van der Waals surface area (Å²) in [4.78, 5) is 33.7. The molecular formula is C23H29N3O3. The highest BCUT2D eigenvalue weighted by Gasteiger charge is 2.41. The minimum Gasteiger partial charge on any atom is -0.381 e. The van der Waals surface area contributed by atoms with E-state index >= 15 is 0 Å². The highest BCUT2D eigenvalue weighted by Crippen LogP contribution is 2.35. The van der Waals surface area contributed by atoms with E-state index in [-0.39, 0.29) is 23.9 Å². The number of likely N-dealkylation sites (tertiary alicyclic amines) is 1. The van der Waals surface area contributed by atoms with Gasteiger partial charge in [-0.25, -0.2) is 0 Å². The van der Waals surface area contributed by atoms with Crippen LogP contribution in [0.1, 0.15) is 48.9 Å². The van der Waals surface area contributed by atoms with Crippen molar-refractivity contribution in [2.75, 3.05) is 26.3 Å². The first-order chi connectivity index (χ1) is 14.2. The zero-order chi connectivity index (χ0) is 19.8. The smallest absolute Gasteiger partial charge is 0.254 e. The summed E-state index contributed by atoms with van der Waals surface area (Å²) in [5.74, 6) is 0.584. The molecule has 5 rings (SSSR count). The van der Waals surface area contributed by atoms with E-state index in [9.17, 15) is 9.59 Å². The highest BCUT2D eigenvalue weighted by molar-refractivity contribution is 5.98. The van der Waals surface area contributed by atoms with Crippen molar-refractivity contribution in [3.63, 3.8) is 0 Å². The lowest BCUT2D eigenvalue weighted by Gasteiger charge is -2.44. The van der Waals surface area contributed by atoms with Crippen molar-refractivity contribution in [3.05, 3.63) is 36.0 Å². The van der Waals surface area contributed by atoms with E-state index in [0.717, 1.165) is 69.2 Å². The number of fused-ring (bicyclic) bond motifs is 1. The number of hydrogen-bond donors (Lipinski definition) is 1. The normalized spacial score (nSPS) is 23.3. The molecule has 1 unspecified atom stereocenters. The van der Waals surface area contributed by atoms with Crippen LogP contribution in [-0.4, -0.2) is 65.0 Å². The number of nitrogens with one attached hydrogen (secondary N) is 1. The first-order valence-electron chi connectivity index (χ1n) is 11.0. The fraction of sp³-hybridized carbons (Fsp3) is 0.565. The third kappa shape index (κ3) is 3.78. The zero-order valence-electron chi connectivity index (χ0n) is 16.8. The van der Waals surface area contributed by atoms with Crippen LogP contribution in [0.3, 0.4) is 0 Å². The molecule has 0 spiro atoms. The Hall–Kier alpha value is -2.34. The van der Waals surface area contributed by atoms with Gasteiger partial charge in [0.05, 0.1) is 0 Å². The molecule has 2 aliphatic heterocycles. The van der Waals surface area contributed by atoms with E-state index in [1.807, 2.05) is 35.4 Å². The van der Waals surface area contributed by atoms with Gasteiger partial charge in [-0.2, -0.15) is 0 Å². The van der Waals surface area contributed by atoms with Gasteiger partial charge in [0, 0.05) is 61.6 Å². The van der Waals surface area contributed by atoms with Gasteiger partial charge in [0.25, 0.3) is 5.91 Å². The number of benzene rings is 1. The summed E-state index contributed by atoms with van der Waals surface area (Å²) in [6.45, 7) is 2.85. The number of carbonyl (C=O) groups is 2. The molecule has 3 fully saturated rings. The van der Waals surface area contributed by atoms with E-state index in [1.165, 1.54) is 0 Å². The maximum Gasteiger partial charge on any atom is 0.254 e. The molecule has 6 heteroatoms. The molecule has 6 nitrogen and oxygen atoms in total. The Kier molecular flexibility index (Phi) is 5.04. The topological polar surface area (TPSA) is 65.6 Å². The van der Waals surface area contributed by atoms with Crippen LogP contribution in [0, 0.1) is 5.92 Å². The number of aromatic nitrogens is 1. The second-order valence-corrected chi connectivity index (χ2v) is 8.69. The maximum absolute atomic E-state index is 13.2. The third-order valence-electron chi connectivity index (χ3n) is 6.64. The second kappa shape index (κ2) is 7.82. The van der Waals surface area contributed by atoms with Gasteiger partial charge in [0.2, 0.25) is 5.91 Å². The first kappa shape index (κ1) is 18.7. The molecule has 2 amide bonds. The van der Waals surface area contributed by atoms with Gasteiger partial charge in [-0.15, -0.1) is 0 Å². The predicted molar refractivity (Wildman–Crippen MR) is 111 cm³/mol. The van der Waals surface area contributed by atoms with Crippen molar-refractivity contribution >= 4 is 22.7 Å². The standard InChI is InChI=1S/C23H29N3O3/c27-22(18-6-3-16-7-10-24-21(16)14-18)25-11-1-2-20(15-25)26(23(28)17-4-5-17)19-8-12-29-13-9-19/h3,6-7,10,14,17,19-20,24H,1-2,4-5,8-9,11-13,15H2. The summed E-state index contributed by atoms with van der Waals surface area (Å²) < 4.78 is 5.53. The number of rotatable bonds is 4. The van der Waals surface area contributed by atoms with Crippen molar-refractivity contribution in [2.45, 2.75) is 50.6 Å². The lowest BCUT2D eigenvalue weighted by atomic mass is 9.97. The van der Waals surface area contributed by atoms with Gasteiger partial charge >= 0.3 is 0 Å². The number of amides is 2. The highest BCUT2D eigenvalue weighted by atomic mass is 16.5. The monoisotopic (exact) mass is 395 g/mol. The van der Waals surface area contributed by atoms with Gasteiger partial charge in [-0.05, 0) is 62.1 Å². The van der Waals surface area contributed by atoms with E-state index in [4.69, 9.17) is 4.74 Å². The molecule has 1 aromatic carbocycles. The van der Waals surface area contributed by atoms with Crippen LogP contribution in [0.15, 0.2) is 30.5 Å². The average molecular weight is 396 g/mol. The largest absolute Gasteiger partial charge is 0.381 e. The Morgan fingerprint density at radius 2 is 1.86 bits per heavy atom. The summed E-state index contributed by atoms with van der Waals surface area (Å²) in [5, 5.41) is 1.11. The Morgan fingerprint density at radius 1 is 1.03 bits per heavy atom. The van der Waals surface area contributed by atoms with Crippen molar-refractivity contribution < 1.29 is 14.3 Å². The number of H-pyrrole nitrogens is 1. The van der Waals surface area contributed by atoms with Crippen LogP contribution in [0.25, 0.3) is 10.9 Å². The lowest BCUT2D eigenvalue weighted by Crippen LogP contribution is -2.56. The molecular weight excluding hydrogens is 366 g/mol. The third-order valence-corrected chi connectivity index (χ3v) is 6.64. The van der Waals surface area contributed by atoms with Gasteiger partial charge in [0.15, 0.2) is 0 Å². The molecule has 3 heterocycles. The van der Waals surface area contributed by atoms with Gasteiger partial charge in [-0.1, -0.05) is 6.07 Å². The van der Waals surface area contributed by atoms with Gasteiger partial charge < -0.3 is 19.5 Å². The number of nitrogens with zero attached hydrogens (tertiary/aromatic N) is 2. The van der Waals surface area contributed by atoms with Crippen LogP contribution in [0.2, 0.25) is 0 Å². The summed E-state index contributed by atoms with van der Waals surface area (Å²) in [6, 6.07) is 8.23. The van der Waals surface area contributed by atoms with Crippen molar-refractivity contribution in [2.24, 2.45) is 5.92 Å². The number of ether oxygens (including phenoxy) is 1. The summed E-state index contributed by atoms with van der Waals surface area (Å²) in [6.07, 6.45) is 7.67. The van der Waals surface area contributed by atoms with E-state index in [1.54, 1.807) is 0 Å². The zero-order valence-corrected chi connectivity index (χ0v) is 16.8. The fourth-order valence-corrected chi connectivity index (χ4v) is 4.89. The molecule has 2 saturated heterocycles. The van der Waals surface area contributed by atoms with E-state index in [0.29, 0.717) is 18.0 Å². The van der Waals surface area contributed by atoms with Crippen LogP contribution >= 0.6 is 0 Å². The molecule has 1 aliphatic carbocycles. The number of aromatic amines is 1. The molecule has 1 saturated carbocycles. The molecule has 0 radical (unpaired) electrons. The number of hydrogen-bond acceptors (Lipinski definition) is 3.